The Kier molecular flexibility index (Phi) is 3.29. The van der Waals surface area contributed by atoms with Crippen LogP contribution in [-0.4, -0.2) is 0 Å². The summed E-state index contributed by atoms with van der Waals surface area (Å²) in [7, 11) is 0. The van der Waals surface area contributed by atoms with Crippen molar-refractivity contribution in [3.63, 3.8) is 0 Å². The van der Waals surface area contributed by atoms with Gasteiger partial charge >= 0.3 is 0 Å². The number of rotatable bonds is 3. The minimum absolute atomic E-state index is 0.0186. The summed E-state index contributed by atoms with van der Waals surface area (Å²) in [5.41, 5.74) is 3.96. The van der Waals surface area contributed by atoms with Crippen LogP contribution in [0, 0.1) is 0 Å². The standard InChI is InChI=1S/C38H24O/c1-2-10-25(11-3-1)27-20-21-30(29-16-8-13-26-12-4-5-14-28(26)29)35(24-27)31-22-23-37-38-33(31)17-9-18-34(38)32-15-6-7-19-36(32)39-37/h1-24H/i6D,7D,9D,15D,17D,18D,19D,22D,23D. The van der Waals surface area contributed by atoms with Gasteiger partial charge in [0.1, 0.15) is 11.5 Å². The predicted octanol–water partition coefficient (Wildman–Crippen LogP) is 10.8. The summed E-state index contributed by atoms with van der Waals surface area (Å²) in [4.78, 5) is 0. The molecule has 0 saturated heterocycles. The first-order chi connectivity index (χ1) is 23.1. The van der Waals surface area contributed by atoms with E-state index in [4.69, 9.17) is 13.0 Å². The summed E-state index contributed by atoms with van der Waals surface area (Å²) < 4.78 is 85.6. The first-order valence-corrected chi connectivity index (χ1v) is 12.6. The maximum absolute atomic E-state index is 9.42. The highest BCUT2D eigenvalue weighted by molar-refractivity contribution is 6.12. The molecule has 7 aromatic rings. The van der Waals surface area contributed by atoms with Crippen LogP contribution in [-0.2, 0) is 0 Å². The highest BCUT2D eigenvalue weighted by atomic mass is 16.5. The minimum atomic E-state index is -0.542. The van der Waals surface area contributed by atoms with Crippen molar-refractivity contribution in [1.29, 1.82) is 0 Å². The number of benzene rings is 7. The third-order valence-electron chi connectivity index (χ3n) is 7.24. The number of fused-ring (bicyclic) bond motifs is 3. The largest absolute Gasteiger partial charge is 0.456 e. The molecular weight excluding hydrogens is 472 g/mol. The number of hydrogen-bond donors (Lipinski definition) is 0. The molecule has 0 fully saturated rings. The van der Waals surface area contributed by atoms with Crippen LogP contribution in [0.25, 0.3) is 66.1 Å². The Labute approximate surface area is 240 Å². The van der Waals surface area contributed by atoms with Crippen molar-refractivity contribution in [2.45, 2.75) is 0 Å². The Morgan fingerprint density at radius 3 is 2.21 bits per heavy atom. The average Bonchev–Trinajstić information content (AvgIpc) is 3.12. The van der Waals surface area contributed by atoms with Crippen LogP contribution in [0.2, 0.25) is 0 Å². The van der Waals surface area contributed by atoms with Gasteiger partial charge in [0.2, 0.25) is 0 Å². The molecular formula is C38H24O. The molecule has 1 heterocycles. The predicted molar refractivity (Wildman–Crippen MR) is 163 cm³/mol. The van der Waals surface area contributed by atoms with Gasteiger partial charge in [0, 0.05) is 10.9 Å². The Hall–Kier alpha value is -5.14. The second-order valence-electron chi connectivity index (χ2n) is 9.41. The summed E-state index contributed by atoms with van der Waals surface area (Å²) in [6.07, 6.45) is 0. The van der Waals surface area contributed by atoms with Gasteiger partial charge in [-0.2, -0.15) is 0 Å². The van der Waals surface area contributed by atoms with Crippen molar-refractivity contribution < 1.29 is 17.1 Å². The summed E-state index contributed by atoms with van der Waals surface area (Å²) in [6, 6.07) is 25.6. The van der Waals surface area contributed by atoms with Gasteiger partial charge in [-0.05, 0) is 73.3 Å². The van der Waals surface area contributed by atoms with Crippen LogP contribution in [0.5, 0.6) is 11.5 Å². The van der Waals surface area contributed by atoms with Crippen LogP contribution < -0.4 is 4.74 Å². The number of ether oxygens (including phenoxy) is 1. The van der Waals surface area contributed by atoms with Crippen LogP contribution in [0.3, 0.4) is 0 Å². The Bertz CT molecular complexity index is 2520. The van der Waals surface area contributed by atoms with Crippen LogP contribution >= 0.6 is 0 Å². The van der Waals surface area contributed by atoms with Crippen molar-refractivity contribution in [2.24, 2.45) is 0 Å². The lowest BCUT2D eigenvalue weighted by molar-refractivity contribution is 0.487. The first-order valence-electron chi connectivity index (χ1n) is 17.1. The fourth-order valence-corrected chi connectivity index (χ4v) is 5.44. The zero-order valence-corrected chi connectivity index (χ0v) is 20.6. The molecule has 0 aromatic heterocycles. The van der Waals surface area contributed by atoms with Crippen molar-refractivity contribution >= 4 is 21.5 Å². The SMILES string of the molecule is [2H]c1c([2H])c([2H])c2c(c1[2H])Oc1c([2H])c([2H])c(-c3cc(-c4ccccc4)ccc3-c3cccc4ccccc34)c3c([2H])c([2H])c([2H])c-2c13. The lowest BCUT2D eigenvalue weighted by atomic mass is 9.85. The van der Waals surface area contributed by atoms with E-state index in [2.05, 4.69) is 0 Å². The van der Waals surface area contributed by atoms with E-state index in [1.54, 1.807) is 0 Å². The Morgan fingerprint density at radius 1 is 0.436 bits per heavy atom. The van der Waals surface area contributed by atoms with Crippen molar-refractivity contribution in [3.05, 3.63) is 145 Å². The summed E-state index contributed by atoms with van der Waals surface area (Å²) in [6.45, 7) is 0. The van der Waals surface area contributed by atoms with E-state index in [9.17, 15) is 4.11 Å². The summed E-state index contributed by atoms with van der Waals surface area (Å²) in [5.74, 6) is -0.456. The quantitative estimate of drug-likeness (QED) is 0.232. The van der Waals surface area contributed by atoms with Crippen molar-refractivity contribution in [3.8, 4) is 56.0 Å². The maximum atomic E-state index is 9.42. The lowest BCUT2D eigenvalue weighted by Gasteiger charge is -2.23. The van der Waals surface area contributed by atoms with Gasteiger partial charge in [-0.15, -0.1) is 0 Å². The van der Waals surface area contributed by atoms with E-state index in [0.29, 0.717) is 5.56 Å². The van der Waals surface area contributed by atoms with Gasteiger partial charge < -0.3 is 4.74 Å². The van der Waals surface area contributed by atoms with E-state index in [-0.39, 0.29) is 57.1 Å². The fraction of sp³-hybridized carbons (Fsp3) is 0. The molecule has 1 nitrogen and oxygen atoms in total. The van der Waals surface area contributed by atoms with E-state index < -0.39 is 36.3 Å². The molecule has 0 bridgehead atoms. The topological polar surface area (TPSA) is 9.23 Å². The lowest BCUT2D eigenvalue weighted by Crippen LogP contribution is -1.98. The molecule has 39 heavy (non-hydrogen) atoms. The average molecular weight is 506 g/mol. The van der Waals surface area contributed by atoms with Gasteiger partial charge in [-0.3, -0.25) is 0 Å². The smallest absolute Gasteiger partial charge is 0.135 e. The molecule has 0 saturated carbocycles. The molecule has 1 heteroatoms. The van der Waals surface area contributed by atoms with Crippen LogP contribution in [0.4, 0.5) is 0 Å². The highest BCUT2D eigenvalue weighted by Gasteiger charge is 2.22. The third kappa shape index (κ3) is 3.48. The second kappa shape index (κ2) is 8.72. The molecule has 0 amide bonds. The van der Waals surface area contributed by atoms with E-state index >= 15 is 0 Å². The van der Waals surface area contributed by atoms with Crippen molar-refractivity contribution in [1.82, 2.24) is 0 Å². The van der Waals surface area contributed by atoms with E-state index in [1.807, 2.05) is 91.0 Å². The van der Waals surface area contributed by atoms with Gasteiger partial charge in [-0.1, -0.05) is 127 Å². The van der Waals surface area contributed by atoms with Gasteiger partial charge in [0.15, 0.2) is 0 Å². The monoisotopic (exact) mass is 505 g/mol. The van der Waals surface area contributed by atoms with Gasteiger partial charge in [-0.25, -0.2) is 0 Å². The van der Waals surface area contributed by atoms with E-state index in [1.165, 1.54) is 0 Å². The van der Waals surface area contributed by atoms with Crippen LogP contribution in [0.15, 0.2) is 145 Å². The molecule has 0 aliphatic carbocycles. The molecule has 0 atom stereocenters. The maximum Gasteiger partial charge on any atom is 0.135 e. The van der Waals surface area contributed by atoms with Crippen LogP contribution in [0.1, 0.15) is 12.3 Å². The highest BCUT2D eigenvalue weighted by Crippen LogP contribution is 2.50. The Balaban J connectivity index is 1.57. The zero-order valence-electron chi connectivity index (χ0n) is 29.6. The fourth-order valence-electron chi connectivity index (χ4n) is 5.44. The summed E-state index contributed by atoms with van der Waals surface area (Å²) >= 11 is 0. The molecule has 7 aromatic carbocycles. The molecule has 0 spiro atoms. The minimum Gasteiger partial charge on any atom is -0.456 e. The van der Waals surface area contributed by atoms with Crippen molar-refractivity contribution in [2.75, 3.05) is 0 Å². The number of hydrogen-bond acceptors (Lipinski definition) is 1. The Morgan fingerprint density at radius 2 is 1.26 bits per heavy atom. The molecule has 0 radical (unpaired) electrons. The molecule has 182 valence electrons. The summed E-state index contributed by atoms with van der Waals surface area (Å²) in [5, 5.41) is 2.17. The molecule has 1 aliphatic heterocycles. The molecule has 1 aliphatic rings. The molecule has 0 N–H and O–H groups in total. The first kappa shape index (κ1) is 14.7. The normalized spacial score (nSPS) is 15.0. The molecule has 0 unspecified atom stereocenters. The third-order valence-corrected chi connectivity index (χ3v) is 7.24. The zero-order chi connectivity index (χ0) is 33.6. The van der Waals surface area contributed by atoms with Gasteiger partial charge in [0.25, 0.3) is 0 Å². The van der Waals surface area contributed by atoms with E-state index in [0.717, 1.165) is 33.0 Å². The van der Waals surface area contributed by atoms with Gasteiger partial charge in [0.05, 0.1) is 12.3 Å². The number of para-hydroxylation sites is 1. The molecule has 8 rings (SSSR count). The second-order valence-corrected chi connectivity index (χ2v) is 9.41.